The highest BCUT2D eigenvalue weighted by Gasteiger charge is 2.30. The van der Waals surface area contributed by atoms with Gasteiger partial charge in [0.05, 0.1) is 0 Å². The van der Waals surface area contributed by atoms with Crippen LogP contribution < -0.4 is 5.73 Å². The summed E-state index contributed by atoms with van der Waals surface area (Å²) in [5, 5.41) is 0. The van der Waals surface area contributed by atoms with Gasteiger partial charge in [0.25, 0.3) is 0 Å². The SMILES string of the molecule is NCCCC1CCCN1C1CCOCC1. The molecule has 2 saturated heterocycles. The molecule has 0 aliphatic carbocycles. The van der Waals surface area contributed by atoms with Gasteiger partial charge in [-0.25, -0.2) is 0 Å². The molecule has 88 valence electrons. The molecule has 0 aromatic rings. The topological polar surface area (TPSA) is 38.5 Å². The third kappa shape index (κ3) is 2.92. The minimum absolute atomic E-state index is 0.795. The highest BCUT2D eigenvalue weighted by Crippen LogP contribution is 2.27. The van der Waals surface area contributed by atoms with Crippen LogP contribution in [0.5, 0.6) is 0 Å². The first kappa shape index (κ1) is 11.4. The maximum atomic E-state index is 5.59. The Morgan fingerprint density at radius 3 is 2.73 bits per heavy atom. The minimum atomic E-state index is 0.795. The molecule has 2 N–H and O–H groups in total. The Bertz CT molecular complexity index is 180. The van der Waals surface area contributed by atoms with Crippen molar-refractivity contribution in [2.45, 2.75) is 50.6 Å². The van der Waals surface area contributed by atoms with Crippen molar-refractivity contribution in [3.05, 3.63) is 0 Å². The summed E-state index contributed by atoms with van der Waals surface area (Å²) in [6.45, 7) is 4.08. The van der Waals surface area contributed by atoms with E-state index in [0.717, 1.165) is 31.8 Å². The smallest absolute Gasteiger partial charge is 0.0480 e. The monoisotopic (exact) mass is 212 g/mol. The second-order valence-electron chi connectivity index (χ2n) is 4.81. The van der Waals surface area contributed by atoms with Crippen molar-refractivity contribution in [1.29, 1.82) is 0 Å². The van der Waals surface area contributed by atoms with Crippen molar-refractivity contribution in [2.75, 3.05) is 26.3 Å². The van der Waals surface area contributed by atoms with Gasteiger partial charge in [-0.15, -0.1) is 0 Å². The summed E-state index contributed by atoms with van der Waals surface area (Å²) < 4.78 is 5.43. The normalized spacial score (nSPS) is 29.8. The molecule has 2 aliphatic heterocycles. The molecule has 3 heteroatoms. The second-order valence-corrected chi connectivity index (χ2v) is 4.81. The molecule has 3 nitrogen and oxygen atoms in total. The number of ether oxygens (including phenoxy) is 1. The first-order valence-corrected chi connectivity index (χ1v) is 6.45. The van der Waals surface area contributed by atoms with E-state index in [1.807, 2.05) is 0 Å². The van der Waals surface area contributed by atoms with Crippen LogP contribution in [0.3, 0.4) is 0 Å². The van der Waals surface area contributed by atoms with Gasteiger partial charge in [-0.1, -0.05) is 0 Å². The molecule has 0 aromatic heterocycles. The van der Waals surface area contributed by atoms with E-state index < -0.39 is 0 Å². The van der Waals surface area contributed by atoms with Crippen molar-refractivity contribution in [3.8, 4) is 0 Å². The standard InChI is InChI=1S/C12H24N2O/c13-7-1-3-11-4-2-8-14(11)12-5-9-15-10-6-12/h11-12H,1-10,13H2. The van der Waals surface area contributed by atoms with Crippen molar-refractivity contribution < 1.29 is 4.74 Å². The van der Waals surface area contributed by atoms with Crippen molar-refractivity contribution in [1.82, 2.24) is 4.90 Å². The minimum Gasteiger partial charge on any atom is -0.381 e. The number of hydrogen-bond acceptors (Lipinski definition) is 3. The Morgan fingerprint density at radius 2 is 2.00 bits per heavy atom. The Balaban J connectivity index is 1.82. The highest BCUT2D eigenvalue weighted by atomic mass is 16.5. The van der Waals surface area contributed by atoms with Crippen LogP contribution in [-0.2, 0) is 4.74 Å². The lowest BCUT2D eigenvalue weighted by Crippen LogP contribution is -2.42. The molecule has 0 amide bonds. The molecule has 0 radical (unpaired) electrons. The zero-order chi connectivity index (χ0) is 10.5. The van der Waals surface area contributed by atoms with E-state index in [2.05, 4.69) is 4.90 Å². The fraction of sp³-hybridized carbons (Fsp3) is 1.00. The third-order valence-corrected chi connectivity index (χ3v) is 3.82. The van der Waals surface area contributed by atoms with Crippen molar-refractivity contribution >= 4 is 0 Å². The van der Waals surface area contributed by atoms with Crippen LogP contribution in [0.25, 0.3) is 0 Å². The summed E-state index contributed by atoms with van der Waals surface area (Å²) in [4.78, 5) is 2.73. The lowest BCUT2D eigenvalue weighted by atomic mass is 10.0. The molecule has 1 unspecified atom stereocenters. The lowest BCUT2D eigenvalue weighted by Gasteiger charge is -2.35. The molecule has 15 heavy (non-hydrogen) atoms. The Kier molecular flexibility index (Phi) is 4.42. The van der Waals surface area contributed by atoms with Crippen LogP contribution in [0.15, 0.2) is 0 Å². The molecule has 2 rings (SSSR count). The average molecular weight is 212 g/mol. The molecule has 0 bridgehead atoms. The number of rotatable bonds is 4. The zero-order valence-electron chi connectivity index (χ0n) is 9.66. The lowest BCUT2D eigenvalue weighted by molar-refractivity contribution is 0.0280. The fourth-order valence-corrected chi connectivity index (χ4v) is 3.02. The second kappa shape index (κ2) is 5.83. The number of hydrogen-bond donors (Lipinski definition) is 1. The average Bonchev–Trinajstić information content (AvgIpc) is 2.75. The number of nitrogens with zero attached hydrogens (tertiary/aromatic N) is 1. The van der Waals surface area contributed by atoms with Gasteiger partial charge in [-0.2, -0.15) is 0 Å². The largest absolute Gasteiger partial charge is 0.381 e. The predicted molar refractivity (Wildman–Crippen MR) is 61.9 cm³/mol. The molecule has 2 heterocycles. The van der Waals surface area contributed by atoms with Gasteiger partial charge in [-0.3, -0.25) is 4.90 Å². The van der Waals surface area contributed by atoms with E-state index in [0.29, 0.717) is 0 Å². The van der Waals surface area contributed by atoms with Crippen LogP contribution >= 0.6 is 0 Å². The van der Waals surface area contributed by atoms with Crippen LogP contribution in [-0.4, -0.2) is 43.3 Å². The van der Waals surface area contributed by atoms with Gasteiger partial charge >= 0.3 is 0 Å². The molecular weight excluding hydrogens is 188 g/mol. The molecule has 0 aromatic carbocycles. The summed E-state index contributed by atoms with van der Waals surface area (Å²) in [6, 6.07) is 1.61. The van der Waals surface area contributed by atoms with Crippen LogP contribution in [0.2, 0.25) is 0 Å². The first-order valence-electron chi connectivity index (χ1n) is 6.45. The van der Waals surface area contributed by atoms with Crippen molar-refractivity contribution in [3.63, 3.8) is 0 Å². The van der Waals surface area contributed by atoms with E-state index >= 15 is 0 Å². The van der Waals surface area contributed by atoms with Gasteiger partial charge < -0.3 is 10.5 Å². The van der Waals surface area contributed by atoms with Gasteiger partial charge in [0.15, 0.2) is 0 Å². The molecule has 0 spiro atoms. The maximum absolute atomic E-state index is 5.59. The van der Waals surface area contributed by atoms with Crippen LogP contribution in [0.1, 0.15) is 38.5 Å². The number of nitrogens with two attached hydrogens (primary N) is 1. The van der Waals surface area contributed by atoms with Crippen LogP contribution in [0.4, 0.5) is 0 Å². The summed E-state index contributed by atoms with van der Waals surface area (Å²) in [5.41, 5.74) is 5.59. The summed E-state index contributed by atoms with van der Waals surface area (Å²) in [7, 11) is 0. The summed E-state index contributed by atoms with van der Waals surface area (Å²) >= 11 is 0. The van der Waals surface area contributed by atoms with E-state index in [4.69, 9.17) is 10.5 Å². The van der Waals surface area contributed by atoms with E-state index in [9.17, 15) is 0 Å². The molecule has 1 atom stereocenters. The number of likely N-dealkylation sites (tertiary alicyclic amines) is 1. The quantitative estimate of drug-likeness (QED) is 0.765. The summed E-state index contributed by atoms with van der Waals surface area (Å²) in [6.07, 6.45) is 7.72. The predicted octanol–water partition coefficient (Wildman–Crippen LogP) is 1.37. The Labute approximate surface area is 93.0 Å². The Morgan fingerprint density at radius 1 is 1.20 bits per heavy atom. The zero-order valence-corrected chi connectivity index (χ0v) is 9.66. The first-order chi connectivity index (χ1) is 7.42. The summed E-state index contributed by atoms with van der Waals surface area (Å²) in [5.74, 6) is 0. The highest BCUT2D eigenvalue weighted by molar-refractivity contribution is 4.85. The van der Waals surface area contributed by atoms with Gasteiger partial charge in [-0.05, 0) is 51.6 Å². The van der Waals surface area contributed by atoms with E-state index in [-0.39, 0.29) is 0 Å². The maximum Gasteiger partial charge on any atom is 0.0480 e. The van der Waals surface area contributed by atoms with Crippen LogP contribution in [0, 0.1) is 0 Å². The molecule has 2 aliphatic rings. The van der Waals surface area contributed by atoms with Gasteiger partial charge in [0.2, 0.25) is 0 Å². The van der Waals surface area contributed by atoms with Gasteiger partial charge in [0, 0.05) is 25.3 Å². The molecule has 2 fully saturated rings. The fourth-order valence-electron chi connectivity index (χ4n) is 3.02. The van der Waals surface area contributed by atoms with E-state index in [1.165, 1.54) is 45.1 Å². The molecule has 0 saturated carbocycles. The molecular formula is C12H24N2O. The van der Waals surface area contributed by atoms with Gasteiger partial charge in [0.1, 0.15) is 0 Å². The van der Waals surface area contributed by atoms with Crippen molar-refractivity contribution in [2.24, 2.45) is 5.73 Å². The third-order valence-electron chi connectivity index (χ3n) is 3.82. The Hall–Kier alpha value is -0.120. The van der Waals surface area contributed by atoms with E-state index in [1.54, 1.807) is 0 Å².